The summed E-state index contributed by atoms with van der Waals surface area (Å²) < 4.78 is 0.938. The molecule has 102 valence electrons. The summed E-state index contributed by atoms with van der Waals surface area (Å²) in [6, 6.07) is 7.07. The number of phenolic OH excluding ortho intramolecular Hbond substituents is 1. The van der Waals surface area contributed by atoms with Gasteiger partial charge in [0, 0.05) is 17.6 Å². The van der Waals surface area contributed by atoms with E-state index in [1.165, 1.54) is 0 Å². The molecule has 0 aliphatic carbocycles. The van der Waals surface area contributed by atoms with Crippen molar-refractivity contribution in [2.75, 3.05) is 6.54 Å². The summed E-state index contributed by atoms with van der Waals surface area (Å²) in [5.74, 6) is 0.240. The Labute approximate surface area is 125 Å². The predicted molar refractivity (Wildman–Crippen MR) is 81.4 cm³/mol. The Morgan fingerprint density at radius 3 is 2.84 bits per heavy atom. The van der Waals surface area contributed by atoms with E-state index in [9.17, 15) is 10.2 Å². The second kappa shape index (κ2) is 6.05. The molecule has 0 aliphatic rings. The third-order valence-corrected chi connectivity index (χ3v) is 4.41. The maximum Gasteiger partial charge on any atom is 0.115 e. The highest BCUT2D eigenvalue weighted by atomic mass is 79.9. The molecule has 0 fully saturated rings. The summed E-state index contributed by atoms with van der Waals surface area (Å²) in [6.07, 6.45) is 0. The fraction of sp³-hybridized carbons (Fsp3) is 0.286. The number of hydrogen-bond donors (Lipinski definition) is 3. The Bertz CT molecular complexity index is 540. The van der Waals surface area contributed by atoms with Gasteiger partial charge in [0.1, 0.15) is 5.75 Å². The third-order valence-electron chi connectivity index (χ3n) is 2.96. The normalized spacial score (nSPS) is 14.3. The van der Waals surface area contributed by atoms with Crippen LogP contribution in [0.2, 0.25) is 0 Å². The fourth-order valence-electron chi connectivity index (χ4n) is 1.81. The first kappa shape index (κ1) is 14.5. The molecule has 19 heavy (non-hydrogen) atoms. The summed E-state index contributed by atoms with van der Waals surface area (Å²) in [7, 11) is 0. The SMILES string of the molecule is CC(O)(CNCc1cc(O)ccc1Br)c1ccsc1. The monoisotopic (exact) mass is 341 g/mol. The van der Waals surface area contributed by atoms with Gasteiger partial charge in [-0.3, -0.25) is 0 Å². The number of halogens is 1. The van der Waals surface area contributed by atoms with Crippen molar-refractivity contribution in [1.29, 1.82) is 0 Å². The summed E-state index contributed by atoms with van der Waals surface area (Å²) >= 11 is 5.01. The third kappa shape index (κ3) is 3.79. The van der Waals surface area contributed by atoms with Crippen LogP contribution in [0.25, 0.3) is 0 Å². The van der Waals surface area contributed by atoms with Gasteiger partial charge in [-0.2, -0.15) is 11.3 Å². The number of phenols is 1. The first-order valence-corrected chi connectivity index (χ1v) is 7.66. The highest BCUT2D eigenvalue weighted by molar-refractivity contribution is 9.10. The van der Waals surface area contributed by atoms with E-state index >= 15 is 0 Å². The molecule has 2 rings (SSSR count). The molecule has 5 heteroatoms. The largest absolute Gasteiger partial charge is 0.508 e. The van der Waals surface area contributed by atoms with Crippen LogP contribution >= 0.6 is 27.3 Å². The van der Waals surface area contributed by atoms with Crippen molar-refractivity contribution in [3.8, 4) is 5.75 Å². The van der Waals surface area contributed by atoms with E-state index in [1.807, 2.05) is 22.9 Å². The Hall–Kier alpha value is -0.880. The van der Waals surface area contributed by atoms with Crippen LogP contribution in [-0.2, 0) is 12.1 Å². The quantitative estimate of drug-likeness (QED) is 0.782. The van der Waals surface area contributed by atoms with Gasteiger partial charge in [-0.1, -0.05) is 15.9 Å². The number of benzene rings is 1. The molecule has 0 radical (unpaired) electrons. The first-order valence-electron chi connectivity index (χ1n) is 5.92. The van der Waals surface area contributed by atoms with Crippen LogP contribution in [0.1, 0.15) is 18.1 Å². The number of hydrogen-bond acceptors (Lipinski definition) is 4. The van der Waals surface area contributed by atoms with Crippen molar-refractivity contribution in [2.24, 2.45) is 0 Å². The maximum absolute atomic E-state index is 10.4. The molecule has 1 aromatic carbocycles. The molecule has 1 heterocycles. The smallest absolute Gasteiger partial charge is 0.115 e. The number of aliphatic hydroxyl groups is 1. The Kier molecular flexibility index (Phi) is 4.62. The van der Waals surface area contributed by atoms with Crippen molar-refractivity contribution in [1.82, 2.24) is 5.32 Å². The lowest BCUT2D eigenvalue weighted by molar-refractivity contribution is 0.0571. The molecule has 1 aromatic heterocycles. The molecule has 0 bridgehead atoms. The minimum atomic E-state index is -0.886. The van der Waals surface area contributed by atoms with Crippen LogP contribution in [-0.4, -0.2) is 16.8 Å². The molecular weight excluding hydrogens is 326 g/mol. The second-order valence-electron chi connectivity index (χ2n) is 4.67. The number of nitrogens with one attached hydrogen (secondary N) is 1. The zero-order chi connectivity index (χ0) is 13.9. The summed E-state index contributed by atoms with van der Waals surface area (Å²) in [5, 5.41) is 26.9. The zero-order valence-corrected chi connectivity index (χ0v) is 13.0. The van der Waals surface area contributed by atoms with Crippen LogP contribution in [0.15, 0.2) is 39.5 Å². The first-order chi connectivity index (χ1) is 8.99. The van der Waals surface area contributed by atoms with E-state index < -0.39 is 5.60 Å². The van der Waals surface area contributed by atoms with Crippen molar-refractivity contribution in [3.05, 3.63) is 50.6 Å². The van der Waals surface area contributed by atoms with E-state index in [0.29, 0.717) is 13.1 Å². The summed E-state index contributed by atoms with van der Waals surface area (Å²) in [5.41, 5.74) is 0.990. The molecule has 0 saturated carbocycles. The Balaban J connectivity index is 1.95. The average molecular weight is 342 g/mol. The lowest BCUT2D eigenvalue weighted by Gasteiger charge is -2.23. The topological polar surface area (TPSA) is 52.5 Å². The van der Waals surface area contributed by atoms with E-state index in [2.05, 4.69) is 21.2 Å². The minimum Gasteiger partial charge on any atom is -0.508 e. The Morgan fingerprint density at radius 1 is 1.37 bits per heavy atom. The molecule has 0 spiro atoms. The number of rotatable bonds is 5. The maximum atomic E-state index is 10.4. The van der Waals surface area contributed by atoms with Gasteiger partial charge >= 0.3 is 0 Å². The molecule has 0 saturated heterocycles. The molecule has 0 amide bonds. The van der Waals surface area contributed by atoms with E-state index in [0.717, 1.165) is 15.6 Å². The van der Waals surface area contributed by atoms with E-state index in [1.54, 1.807) is 30.4 Å². The lowest BCUT2D eigenvalue weighted by atomic mass is 9.99. The average Bonchev–Trinajstić information content (AvgIpc) is 2.88. The van der Waals surface area contributed by atoms with Gasteiger partial charge in [-0.15, -0.1) is 0 Å². The van der Waals surface area contributed by atoms with Gasteiger partial charge in [0.15, 0.2) is 0 Å². The molecule has 1 unspecified atom stereocenters. The molecular formula is C14H16BrNO2S. The molecule has 1 atom stereocenters. The van der Waals surface area contributed by atoms with Crippen LogP contribution in [0.5, 0.6) is 5.75 Å². The van der Waals surface area contributed by atoms with Gasteiger partial charge in [0.25, 0.3) is 0 Å². The van der Waals surface area contributed by atoms with Gasteiger partial charge in [-0.05, 0) is 53.1 Å². The van der Waals surface area contributed by atoms with Crippen molar-refractivity contribution in [2.45, 2.75) is 19.1 Å². The fourth-order valence-corrected chi connectivity index (χ4v) is 2.98. The number of aromatic hydroxyl groups is 1. The van der Waals surface area contributed by atoms with Crippen molar-refractivity contribution in [3.63, 3.8) is 0 Å². The molecule has 0 aliphatic heterocycles. The van der Waals surface area contributed by atoms with Crippen LogP contribution < -0.4 is 5.32 Å². The highest BCUT2D eigenvalue weighted by Gasteiger charge is 2.22. The molecule has 3 N–H and O–H groups in total. The van der Waals surface area contributed by atoms with E-state index in [-0.39, 0.29) is 5.75 Å². The van der Waals surface area contributed by atoms with Gasteiger partial charge in [-0.25, -0.2) is 0 Å². The number of thiophene rings is 1. The van der Waals surface area contributed by atoms with Gasteiger partial charge in [0.2, 0.25) is 0 Å². The van der Waals surface area contributed by atoms with Gasteiger partial charge in [0.05, 0.1) is 5.60 Å². The standard InChI is InChI=1S/C14H16BrNO2S/c1-14(18,11-4-5-19-8-11)9-16-7-10-6-12(17)2-3-13(10)15/h2-6,8,16-18H,7,9H2,1H3. The van der Waals surface area contributed by atoms with Crippen LogP contribution in [0.3, 0.4) is 0 Å². The lowest BCUT2D eigenvalue weighted by Crippen LogP contribution is -2.34. The molecule has 3 nitrogen and oxygen atoms in total. The van der Waals surface area contributed by atoms with E-state index in [4.69, 9.17) is 0 Å². The second-order valence-corrected chi connectivity index (χ2v) is 6.30. The van der Waals surface area contributed by atoms with Gasteiger partial charge < -0.3 is 15.5 Å². The van der Waals surface area contributed by atoms with Crippen LogP contribution in [0, 0.1) is 0 Å². The summed E-state index contributed by atoms with van der Waals surface area (Å²) in [6.45, 7) is 2.82. The summed E-state index contributed by atoms with van der Waals surface area (Å²) in [4.78, 5) is 0. The highest BCUT2D eigenvalue weighted by Crippen LogP contribution is 2.24. The zero-order valence-electron chi connectivity index (χ0n) is 10.6. The minimum absolute atomic E-state index is 0.240. The Morgan fingerprint density at radius 2 is 2.16 bits per heavy atom. The van der Waals surface area contributed by atoms with Crippen molar-refractivity contribution >= 4 is 27.3 Å². The van der Waals surface area contributed by atoms with Crippen LogP contribution in [0.4, 0.5) is 0 Å². The predicted octanol–water partition coefficient (Wildman–Crippen LogP) is 3.21. The molecule has 2 aromatic rings. The van der Waals surface area contributed by atoms with Crippen molar-refractivity contribution < 1.29 is 10.2 Å².